The minimum absolute atomic E-state index is 0.207. The number of methoxy groups -OCH3 is 2. The molecule has 0 aliphatic heterocycles. The fourth-order valence-electron chi connectivity index (χ4n) is 1.60. The zero-order chi connectivity index (χ0) is 12.7. The molecule has 1 unspecified atom stereocenters. The highest BCUT2D eigenvalue weighted by molar-refractivity contribution is 5.42. The van der Waals surface area contributed by atoms with Gasteiger partial charge in [0.15, 0.2) is 0 Å². The zero-order valence-corrected chi connectivity index (χ0v) is 11.0. The molecule has 0 fully saturated rings. The van der Waals surface area contributed by atoms with E-state index < -0.39 is 0 Å². The zero-order valence-electron chi connectivity index (χ0n) is 11.0. The Morgan fingerprint density at radius 2 is 2.06 bits per heavy atom. The van der Waals surface area contributed by atoms with Gasteiger partial charge in [-0.05, 0) is 31.7 Å². The molecular weight excluding hydrogens is 214 g/mol. The Hall–Kier alpha value is -1.64. The Kier molecular flexibility index (Phi) is 5.40. The third kappa shape index (κ3) is 3.70. The summed E-state index contributed by atoms with van der Waals surface area (Å²) in [5.74, 6) is 1.65. The topological polar surface area (TPSA) is 30.5 Å². The average Bonchev–Trinajstić information content (AvgIpc) is 2.38. The predicted octanol–water partition coefficient (Wildman–Crippen LogP) is 3.28. The summed E-state index contributed by atoms with van der Waals surface area (Å²) < 4.78 is 10.5. The Balaban J connectivity index is 2.84. The summed E-state index contributed by atoms with van der Waals surface area (Å²) in [6, 6.07) is 6.07. The lowest BCUT2D eigenvalue weighted by Gasteiger charge is -2.16. The Morgan fingerprint density at radius 3 is 2.65 bits per heavy atom. The maximum absolute atomic E-state index is 5.37. The number of benzene rings is 1. The normalized spacial score (nSPS) is 12.5. The average molecular weight is 235 g/mol. The van der Waals surface area contributed by atoms with Gasteiger partial charge in [0.25, 0.3) is 0 Å². The van der Waals surface area contributed by atoms with E-state index >= 15 is 0 Å². The number of hydrogen-bond donors (Lipinski definition) is 1. The van der Waals surface area contributed by atoms with Crippen LogP contribution >= 0.6 is 0 Å². The van der Waals surface area contributed by atoms with E-state index in [4.69, 9.17) is 9.47 Å². The highest BCUT2D eigenvalue weighted by atomic mass is 16.5. The maximum Gasteiger partial charge on any atom is 0.127 e. The lowest BCUT2D eigenvalue weighted by molar-refractivity contribution is 0.388. The Morgan fingerprint density at radius 1 is 1.29 bits per heavy atom. The highest BCUT2D eigenvalue weighted by Gasteiger charge is 2.10. The molecule has 17 heavy (non-hydrogen) atoms. The van der Waals surface area contributed by atoms with Gasteiger partial charge >= 0.3 is 0 Å². The van der Waals surface area contributed by atoms with E-state index in [1.54, 1.807) is 14.2 Å². The summed E-state index contributed by atoms with van der Waals surface area (Å²) in [6.45, 7) is 4.21. The third-order valence-corrected chi connectivity index (χ3v) is 2.61. The van der Waals surface area contributed by atoms with E-state index in [0.717, 1.165) is 23.5 Å². The van der Waals surface area contributed by atoms with Crippen LogP contribution in [0.1, 0.15) is 31.9 Å². The van der Waals surface area contributed by atoms with Crippen LogP contribution < -0.4 is 14.8 Å². The fourth-order valence-corrected chi connectivity index (χ4v) is 1.60. The van der Waals surface area contributed by atoms with Crippen LogP contribution in [0.4, 0.5) is 0 Å². The second-order valence-corrected chi connectivity index (χ2v) is 3.81. The molecule has 1 N–H and O–H groups in total. The first-order chi connectivity index (χ1) is 8.22. The van der Waals surface area contributed by atoms with Crippen LogP contribution in [0, 0.1) is 0 Å². The molecule has 1 rings (SSSR count). The predicted molar refractivity (Wildman–Crippen MR) is 70.5 cm³/mol. The van der Waals surface area contributed by atoms with E-state index in [0.29, 0.717) is 0 Å². The number of allylic oxidation sites excluding steroid dienone is 1. The van der Waals surface area contributed by atoms with Gasteiger partial charge in [0, 0.05) is 11.6 Å². The first kappa shape index (κ1) is 13.4. The van der Waals surface area contributed by atoms with Gasteiger partial charge < -0.3 is 14.8 Å². The largest absolute Gasteiger partial charge is 0.497 e. The molecule has 0 saturated carbocycles. The molecule has 0 spiro atoms. The summed E-state index contributed by atoms with van der Waals surface area (Å²) in [5, 5.41) is 3.31. The van der Waals surface area contributed by atoms with Crippen LogP contribution in [0.5, 0.6) is 11.5 Å². The van der Waals surface area contributed by atoms with Crippen molar-refractivity contribution in [2.24, 2.45) is 0 Å². The molecular formula is C14H21NO2. The van der Waals surface area contributed by atoms with Crippen molar-refractivity contribution in [2.45, 2.75) is 26.3 Å². The van der Waals surface area contributed by atoms with E-state index in [9.17, 15) is 0 Å². The van der Waals surface area contributed by atoms with Gasteiger partial charge in [-0.2, -0.15) is 0 Å². The third-order valence-electron chi connectivity index (χ3n) is 2.61. The second kappa shape index (κ2) is 6.84. The number of nitrogens with one attached hydrogen (secondary N) is 1. The van der Waals surface area contributed by atoms with Crippen molar-refractivity contribution in [2.75, 3.05) is 14.2 Å². The molecule has 0 heterocycles. The van der Waals surface area contributed by atoms with Gasteiger partial charge in [0.1, 0.15) is 11.5 Å². The van der Waals surface area contributed by atoms with Crippen molar-refractivity contribution >= 4 is 0 Å². The molecule has 3 nitrogen and oxygen atoms in total. The summed E-state index contributed by atoms with van der Waals surface area (Å²) >= 11 is 0. The molecule has 1 atom stereocenters. The molecule has 0 saturated heterocycles. The van der Waals surface area contributed by atoms with Gasteiger partial charge in [-0.1, -0.05) is 13.0 Å². The summed E-state index contributed by atoms with van der Waals surface area (Å²) in [7, 11) is 3.33. The van der Waals surface area contributed by atoms with Crippen molar-refractivity contribution in [3.63, 3.8) is 0 Å². The van der Waals surface area contributed by atoms with Crippen molar-refractivity contribution in [1.29, 1.82) is 0 Å². The van der Waals surface area contributed by atoms with Gasteiger partial charge in [0.2, 0.25) is 0 Å². The number of rotatable bonds is 6. The van der Waals surface area contributed by atoms with E-state index in [2.05, 4.69) is 25.2 Å². The van der Waals surface area contributed by atoms with Gasteiger partial charge in [-0.15, -0.1) is 0 Å². The van der Waals surface area contributed by atoms with Crippen LogP contribution in [-0.2, 0) is 0 Å². The molecule has 0 aromatic heterocycles. The lowest BCUT2D eigenvalue weighted by atomic mass is 10.1. The molecule has 1 aromatic rings. The van der Waals surface area contributed by atoms with E-state index in [1.807, 2.05) is 24.4 Å². The maximum atomic E-state index is 5.37. The quantitative estimate of drug-likeness (QED) is 0.820. The lowest BCUT2D eigenvalue weighted by Crippen LogP contribution is -2.12. The highest BCUT2D eigenvalue weighted by Crippen LogP contribution is 2.29. The summed E-state index contributed by atoms with van der Waals surface area (Å²) in [6.07, 6.45) is 5.10. The van der Waals surface area contributed by atoms with Crippen LogP contribution in [-0.4, -0.2) is 14.2 Å². The van der Waals surface area contributed by atoms with Gasteiger partial charge in [-0.3, -0.25) is 0 Å². The number of ether oxygens (including phenoxy) is 2. The minimum Gasteiger partial charge on any atom is -0.497 e. The van der Waals surface area contributed by atoms with Crippen molar-refractivity contribution in [1.82, 2.24) is 5.32 Å². The van der Waals surface area contributed by atoms with Crippen LogP contribution in [0.15, 0.2) is 30.5 Å². The standard InChI is InChI=1S/C14H21NO2/c1-5-6-9-15-11(2)13-8-7-12(16-3)10-14(13)17-4/h6-11,15H,5H2,1-4H3/b9-6-. The van der Waals surface area contributed by atoms with Crippen LogP contribution in [0.2, 0.25) is 0 Å². The molecule has 0 bridgehead atoms. The van der Waals surface area contributed by atoms with Crippen molar-refractivity contribution in [3.05, 3.63) is 36.0 Å². The number of hydrogen-bond acceptors (Lipinski definition) is 3. The first-order valence-corrected chi connectivity index (χ1v) is 5.85. The minimum atomic E-state index is 0.207. The monoisotopic (exact) mass is 235 g/mol. The summed E-state index contributed by atoms with van der Waals surface area (Å²) in [5.41, 5.74) is 1.12. The molecule has 0 radical (unpaired) electrons. The smallest absolute Gasteiger partial charge is 0.127 e. The van der Waals surface area contributed by atoms with E-state index in [1.165, 1.54) is 0 Å². The van der Waals surface area contributed by atoms with E-state index in [-0.39, 0.29) is 6.04 Å². The molecule has 0 amide bonds. The SMILES string of the molecule is CC/C=C\NC(C)c1ccc(OC)cc1OC. The van der Waals surface area contributed by atoms with Gasteiger partial charge in [-0.25, -0.2) is 0 Å². The second-order valence-electron chi connectivity index (χ2n) is 3.81. The molecule has 3 heteroatoms. The van der Waals surface area contributed by atoms with Crippen molar-refractivity contribution < 1.29 is 9.47 Å². The fraction of sp³-hybridized carbons (Fsp3) is 0.429. The van der Waals surface area contributed by atoms with Crippen LogP contribution in [0.25, 0.3) is 0 Å². The molecule has 0 aliphatic rings. The Labute approximate surface area is 103 Å². The Bertz CT molecular complexity index is 374. The molecule has 0 aliphatic carbocycles. The molecule has 94 valence electrons. The summed E-state index contributed by atoms with van der Waals surface area (Å²) in [4.78, 5) is 0. The van der Waals surface area contributed by atoms with Crippen LogP contribution in [0.3, 0.4) is 0 Å². The molecule has 1 aromatic carbocycles. The first-order valence-electron chi connectivity index (χ1n) is 5.85. The van der Waals surface area contributed by atoms with Gasteiger partial charge in [0.05, 0.1) is 20.3 Å². The van der Waals surface area contributed by atoms with Crippen molar-refractivity contribution in [3.8, 4) is 11.5 Å².